The number of carbonyl (C=O) groups excluding carboxylic acids is 1. The van der Waals surface area contributed by atoms with Gasteiger partial charge in [-0.2, -0.15) is 0 Å². The van der Waals surface area contributed by atoms with Crippen molar-refractivity contribution in [1.82, 2.24) is 10.3 Å². The van der Waals surface area contributed by atoms with Crippen LogP contribution in [0, 0.1) is 0 Å². The van der Waals surface area contributed by atoms with Crippen molar-refractivity contribution < 1.29 is 9.53 Å². The minimum Gasteiger partial charge on any atom is -0.369 e. The summed E-state index contributed by atoms with van der Waals surface area (Å²) in [5.74, 6) is -0.0991. The Balaban J connectivity index is 2.40. The smallest absolute Gasteiger partial charge is 0.246 e. The maximum absolute atomic E-state index is 11.5. The molecule has 1 atom stereocenters. The number of carbonyl (C=O) groups is 1. The zero-order valence-corrected chi connectivity index (χ0v) is 9.93. The number of pyridine rings is 1. The minimum atomic E-state index is -0.0991. The molecule has 0 aliphatic carbocycles. The number of amides is 1. The summed E-state index contributed by atoms with van der Waals surface area (Å²) in [5, 5.41) is 2.86. The third-order valence-electron chi connectivity index (χ3n) is 2.13. The zero-order chi connectivity index (χ0) is 12.0. The highest BCUT2D eigenvalue weighted by Gasteiger charge is 2.09. The van der Waals surface area contributed by atoms with Crippen LogP contribution in [0.5, 0.6) is 0 Å². The highest BCUT2D eigenvalue weighted by Crippen LogP contribution is 2.09. The quantitative estimate of drug-likeness (QED) is 0.824. The molecule has 0 spiro atoms. The average Bonchev–Trinajstić information content (AvgIpc) is 2.27. The van der Waals surface area contributed by atoms with Gasteiger partial charge in [0.15, 0.2) is 0 Å². The molecule has 4 nitrogen and oxygen atoms in total. The van der Waals surface area contributed by atoms with Gasteiger partial charge in [-0.1, -0.05) is 0 Å². The van der Waals surface area contributed by atoms with Crippen molar-refractivity contribution in [3.63, 3.8) is 0 Å². The Morgan fingerprint density at radius 1 is 1.38 bits per heavy atom. The Morgan fingerprint density at radius 2 is 2.00 bits per heavy atom. The van der Waals surface area contributed by atoms with E-state index < -0.39 is 0 Å². The lowest BCUT2D eigenvalue weighted by atomic mass is 10.1. The van der Waals surface area contributed by atoms with Gasteiger partial charge in [0.05, 0.1) is 12.1 Å². The first-order valence-corrected chi connectivity index (χ1v) is 5.40. The van der Waals surface area contributed by atoms with Crippen molar-refractivity contribution in [2.75, 3.05) is 6.61 Å². The van der Waals surface area contributed by atoms with E-state index in [1.165, 1.54) is 0 Å². The molecule has 0 aliphatic heterocycles. The monoisotopic (exact) mass is 222 g/mol. The molecule has 0 aromatic carbocycles. The first-order valence-electron chi connectivity index (χ1n) is 5.40. The van der Waals surface area contributed by atoms with Crippen LogP contribution in [0.3, 0.4) is 0 Å². The maximum Gasteiger partial charge on any atom is 0.246 e. The molecule has 0 radical (unpaired) electrons. The van der Waals surface area contributed by atoms with Gasteiger partial charge >= 0.3 is 0 Å². The van der Waals surface area contributed by atoms with E-state index in [0.29, 0.717) is 0 Å². The third kappa shape index (κ3) is 4.40. The van der Waals surface area contributed by atoms with Crippen LogP contribution in [0.15, 0.2) is 24.5 Å². The Morgan fingerprint density at radius 3 is 2.56 bits per heavy atom. The largest absolute Gasteiger partial charge is 0.369 e. The SMILES string of the molecule is CC(C)OCC(=O)N[C@@H](C)c1ccncc1. The van der Waals surface area contributed by atoms with Crippen molar-refractivity contribution >= 4 is 5.91 Å². The molecule has 1 aromatic rings. The second kappa shape index (κ2) is 6.23. The van der Waals surface area contributed by atoms with Crippen LogP contribution < -0.4 is 5.32 Å². The van der Waals surface area contributed by atoms with E-state index in [-0.39, 0.29) is 24.7 Å². The van der Waals surface area contributed by atoms with E-state index in [0.717, 1.165) is 5.56 Å². The number of hydrogen-bond donors (Lipinski definition) is 1. The Hall–Kier alpha value is -1.42. The molecule has 1 amide bonds. The van der Waals surface area contributed by atoms with Gasteiger partial charge in [-0.25, -0.2) is 0 Å². The molecule has 0 bridgehead atoms. The van der Waals surface area contributed by atoms with Gasteiger partial charge in [-0.15, -0.1) is 0 Å². The zero-order valence-electron chi connectivity index (χ0n) is 9.93. The highest BCUT2D eigenvalue weighted by molar-refractivity contribution is 5.77. The summed E-state index contributed by atoms with van der Waals surface area (Å²) in [6.07, 6.45) is 3.49. The molecule has 16 heavy (non-hydrogen) atoms. The summed E-state index contributed by atoms with van der Waals surface area (Å²) >= 11 is 0. The van der Waals surface area contributed by atoms with Crippen LogP contribution in [0.25, 0.3) is 0 Å². The van der Waals surface area contributed by atoms with Crippen molar-refractivity contribution in [3.8, 4) is 0 Å². The van der Waals surface area contributed by atoms with Crippen LogP contribution in [0.1, 0.15) is 32.4 Å². The predicted octanol–water partition coefficient (Wildman–Crippen LogP) is 1.68. The first-order chi connectivity index (χ1) is 7.59. The lowest BCUT2D eigenvalue weighted by molar-refractivity contribution is -0.127. The molecular weight excluding hydrogens is 204 g/mol. The fourth-order valence-corrected chi connectivity index (χ4v) is 1.26. The summed E-state index contributed by atoms with van der Waals surface area (Å²) in [6, 6.07) is 3.74. The molecule has 1 N–H and O–H groups in total. The van der Waals surface area contributed by atoms with Crippen molar-refractivity contribution in [2.45, 2.75) is 32.9 Å². The molecule has 88 valence electrons. The van der Waals surface area contributed by atoms with Crippen LogP contribution in [-0.2, 0) is 9.53 Å². The van der Waals surface area contributed by atoms with Crippen molar-refractivity contribution in [3.05, 3.63) is 30.1 Å². The van der Waals surface area contributed by atoms with Gasteiger partial charge in [-0.3, -0.25) is 9.78 Å². The molecule has 0 aliphatic rings. The van der Waals surface area contributed by atoms with E-state index in [9.17, 15) is 4.79 Å². The van der Waals surface area contributed by atoms with Crippen LogP contribution >= 0.6 is 0 Å². The van der Waals surface area contributed by atoms with E-state index in [2.05, 4.69) is 10.3 Å². The summed E-state index contributed by atoms with van der Waals surface area (Å²) in [4.78, 5) is 15.4. The second-order valence-electron chi connectivity index (χ2n) is 3.93. The van der Waals surface area contributed by atoms with Gasteiger partial charge in [0.1, 0.15) is 6.61 Å². The second-order valence-corrected chi connectivity index (χ2v) is 3.93. The summed E-state index contributed by atoms with van der Waals surface area (Å²) in [5.41, 5.74) is 1.04. The minimum absolute atomic E-state index is 0.0220. The molecular formula is C12H18N2O2. The molecule has 0 unspecified atom stereocenters. The lowest BCUT2D eigenvalue weighted by Gasteiger charge is -2.14. The molecule has 1 aromatic heterocycles. The summed E-state index contributed by atoms with van der Waals surface area (Å²) in [7, 11) is 0. The normalized spacial score (nSPS) is 12.5. The molecule has 4 heteroatoms. The lowest BCUT2D eigenvalue weighted by Crippen LogP contribution is -2.31. The van der Waals surface area contributed by atoms with Crippen LogP contribution in [-0.4, -0.2) is 23.6 Å². The van der Waals surface area contributed by atoms with Crippen molar-refractivity contribution in [2.24, 2.45) is 0 Å². The number of aromatic nitrogens is 1. The van der Waals surface area contributed by atoms with Crippen molar-refractivity contribution in [1.29, 1.82) is 0 Å². The summed E-state index contributed by atoms with van der Waals surface area (Å²) < 4.78 is 5.22. The first kappa shape index (κ1) is 12.6. The fourth-order valence-electron chi connectivity index (χ4n) is 1.26. The Labute approximate surface area is 96.0 Å². The Kier molecular flexibility index (Phi) is 4.92. The highest BCUT2D eigenvalue weighted by atomic mass is 16.5. The number of nitrogens with one attached hydrogen (secondary N) is 1. The molecule has 1 heterocycles. The predicted molar refractivity (Wildman–Crippen MR) is 61.9 cm³/mol. The number of nitrogens with zero attached hydrogens (tertiary/aromatic N) is 1. The number of ether oxygens (including phenoxy) is 1. The van der Waals surface area contributed by atoms with Gasteiger partial charge in [0.2, 0.25) is 5.91 Å². The van der Waals surface area contributed by atoms with Crippen LogP contribution in [0.4, 0.5) is 0 Å². The van der Waals surface area contributed by atoms with E-state index in [1.54, 1.807) is 12.4 Å². The maximum atomic E-state index is 11.5. The fraction of sp³-hybridized carbons (Fsp3) is 0.500. The van der Waals surface area contributed by atoms with Gasteiger partial charge < -0.3 is 10.1 Å². The number of hydrogen-bond acceptors (Lipinski definition) is 3. The third-order valence-corrected chi connectivity index (χ3v) is 2.13. The Bertz CT molecular complexity index is 325. The topological polar surface area (TPSA) is 51.2 Å². The van der Waals surface area contributed by atoms with E-state index in [4.69, 9.17) is 4.74 Å². The standard InChI is InChI=1S/C12H18N2O2/c1-9(2)16-8-12(15)14-10(3)11-4-6-13-7-5-11/h4-7,9-10H,8H2,1-3H3,(H,14,15)/t10-/m0/s1. The van der Waals surface area contributed by atoms with Gasteiger partial charge in [0, 0.05) is 12.4 Å². The average molecular weight is 222 g/mol. The molecule has 0 saturated heterocycles. The van der Waals surface area contributed by atoms with E-state index in [1.807, 2.05) is 32.9 Å². The molecule has 0 fully saturated rings. The van der Waals surface area contributed by atoms with E-state index >= 15 is 0 Å². The van der Waals surface area contributed by atoms with Crippen LogP contribution in [0.2, 0.25) is 0 Å². The number of rotatable bonds is 5. The molecule has 0 saturated carbocycles. The summed E-state index contributed by atoms with van der Waals surface area (Å²) in [6.45, 7) is 5.84. The molecule has 1 rings (SSSR count). The van der Waals surface area contributed by atoms with Gasteiger partial charge in [-0.05, 0) is 38.5 Å². The van der Waals surface area contributed by atoms with Gasteiger partial charge in [0.25, 0.3) is 0 Å².